The van der Waals surface area contributed by atoms with Crippen LogP contribution in [0.25, 0.3) is 0 Å². The Balaban J connectivity index is 1.77. The van der Waals surface area contributed by atoms with Gasteiger partial charge in [0, 0.05) is 52.7 Å². The molecule has 9 atom stereocenters. The number of rotatable bonds is 29. The molecule has 0 saturated carbocycles. The van der Waals surface area contributed by atoms with Crippen molar-refractivity contribution in [3.63, 3.8) is 0 Å². The number of carbonyl (C=O) groups is 6. The highest BCUT2D eigenvalue weighted by molar-refractivity contribution is 7.80. The second-order valence-electron chi connectivity index (χ2n) is 19.1. The Labute approximate surface area is 415 Å². The first-order valence-corrected chi connectivity index (χ1v) is 25.9. The van der Waals surface area contributed by atoms with Crippen molar-refractivity contribution in [2.24, 2.45) is 23.7 Å². The molecule has 0 aliphatic carbocycles. The van der Waals surface area contributed by atoms with Gasteiger partial charge in [-0.1, -0.05) is 85.2 Å². The number of hydrogen-bond donors (Lipinski definition) is 5. The molecule has 68 heavy (non-hydrogen) atoms. The summed E-state index contributed by atoms with van der Waals surface area (Å²) in [6.45, 7) is 15.1. The maximum atomic E-state index is 14.5. The van der Waals surface area contributed by atoms with E-state index >= 15 is 0 Å². The van der Waals surface area contributed by atoms with Gasteiger partial charge in [0.25, 0.3) is 5.91 Å². The van der Waals surface area contributed by atoms with Crippen molar-refractivity contribution in [1.29, 1.82) is 0 Å². The molecule has 0 spiro atoms. The lowest BCUT2D eigenvalue weighted by Crippen LogP contribution is -2.59. The van der Waals surface area contributed by atoms with E-state index in [0.717, 1.165) is 18.4 Å². The number of nitrogens with one attached hydrogen (secondary N) is 4. The zero-order chi connectivity index (χ0) is 50.7. The third-order valence-corrected chi connectivity index (χ3v) is 14.3. The van der Waals surface area contributed by atoms with Crippen molar-refractivity contribution in [1.82, 2.24) is 41.0 Å². The average Bonchev–Trinajstić information content (AvgIpc) is 4.00. The monoisotopic (exact) mass is 987 g/mol. The van der Waals surface area contributed by atoms with Gasteiger partial charge < -0.3 is 40.5 Å². The van der Waals surface area contributed by atoms with Crippen molar-refractivity contribution in [3.05, 3.63) is 52.0 Å². The van der Waals surface area contributed by atoms with Crippen molar-refractivity contribution in [2.45, 2.75) is 142 Å². The number of methoxy groups -OCH3 is 2. The van der Waals surface area contributed by atoms with E-state index in [-0.39, 0.29) is 65.3 Å². The fraction of sp³-hybridized carbons (Fsp3) is 0.700. The van der Waals surface area contributed by atoms with E-state index in [9.17, 15) is 28.8 Å². The lowest BCUT2D eigenvalue weighted by molar-refractivity contribution is -0.148. The molecule has 1 fully saturated rings. The highest BCUT2D eigenvalue weighted by Gasteiger charge is 2.43. The van der Waals surface area contributed by atoms with Gasteiger partial charge in [0.1, 0.15) is 16.7 Å². The lowest BCUT2D eigenvalue weighted by Gasteiger charge is -2.41. The van der Waals surface area contributed by atoms with Crippen LogP contribution in [-0.2, 0) is 39.9 Å². The number of thiazole rings is 1. The molecule has 0 radical (unpaired) electrons. The second kappa shape index (κ2) is 29.2. The summed E-state index contributed by atoms with van der Waals surface area (Å²) < 4.78 is 12.2. The number of benzene rings is 1. The van der Waals surface area contributed by atoms with E-state index in [1.165, 1.54) is 11.3 Å². The predicted octanol–water partition coefficient (Wildman–Crippen LogP) is 5.14. The number of aromatic nitrogens is 1. The van der Waals surface area contributed by atoms with Gasteiger partial charge in [-0.2, -0.15) is 12.6 Å². The molecular weight excluding hydrogens is 905 g/mol. The third kappa shape index (κ3) is 16.8. The number of amides is 6. The maximum Gasteiger partial charge on any atom is 0.270 e. The Morgan fingerprint density at radius 1 is 0.897 bits per heavy atom. The van der Waals surface area contributed by atoms with Gasteiger partial charge in [0.15, 0.2) is 0 Å². The largest absolute Gasteiger partial charge is 0.379 e. The Morgan fingerprint density at radius 2 is 1.56 bits per heavy atom. The average molecular weight is 987 g/mol. The molecule has 4 N–H and O–H groups in total. The fourth-order valence-corrected chi connectivity index (χ4v) is 10.3. The standard InChI is InChI=1S/C50H82N8O8S2/c1-13-33(6)44(57(10)50(64)42(31(2)3)55-48(63)43(32(4)5)56(8)9)39(65-11)29-41(60)58-26-19-22-38(58)45(66-12)34(7)46(61)53-36(28-35-20-15-14-16-21-35)49-54-37(30-68-49)47(62)52-25-18-17-24-51-40(59)23-27-67/h14-16,20-21,30-34,36,38-39,42-45,67H,13,17-19,22-29H2,1-12H3,(H,51,59)(H,52,62)(H,53,61)(H,55,63)/t33-,34+,36-,38-,39+,42-,43-,44-,45+/m0/s1. The summed E-state index contributed by atoms with van der Waals surface area (Å²) in [6, 6.07) is 7.12. The van der Waals surface area contributed by atoms with Crippen LogP contribution in [0.4, 0.5) is 0 Å². The Hall–Kier alpha value is -4.10. The van der Waals surface area contributed by atoms with Crippen LogP contribution in [-0.4, -0.2) is 152 Å². The van der Waals surface area contributed by atoms with Gasteiger partial charge in [-0.15, -0.1) is 11.3 Å². The number of likely N-dealkylation sites (N-methyl/N-ethyl adjacent to an activating group) is 2. The summed E-state index contributed by atoms with van der Waals surface area (Å²) in [5.74, 6) is -1.65. The lowest BCUT2D eigenvalue weighted by atomic mass is 9.89. The first kappa shape index (κ1) is 58.2. The van der Waals surface area contributed by atoms with Crippen LogP contribution >= 0.6 is 24.0 Å². The molecule has 2 aromatic rings. The summed E-state index contributed by atoms with van der Waals surface area (Å²) in [7, 11) is 8.56. The van der Waals surface area contributed by atoms with Crippen LogP contribution in [0.5, 0.6) is 0 Å². The Bertz CT molecular complexity index is 1890. The number of nitrogens with zero attached hydrogens (tertiary/aromatic N) is 4. The normalized spacial score (nSPS) is 17.5. The maximum absolute atomic E-state index is 14.5. The van der Waals surface area contributed by atoms with E-state index in [1.54, 1.807) is 43.4 Å². The van der Waals surface area contributed by atoms with Crippen LogP contribution in [0.15, 0.2) is 35.7 Å². The molecule has 1 aliphatic rings. The molecule has 3 rings (SSSR count). The molecule has 0 bridgehead atoms. The summed E-state index contributed by atoms with van der Waals surface area (Å²) >= 11 is 5.38. The first-order valence-electron chi connectivity index (χ1n) is 24.3. The van der Waals surface area contributed by atoms with E-state index in [4.69, 9.17) is 9.47 Å². The molecule has 16 nitrogen and oxygen atoms in total. The fourth-order valence-electron chi connectivity index (χ4n) is 9.28. The third-order valence-electron chi connectivity index (χ3n) is 13.1. The minimum atomic E-state index is -0.785. The number of unbranched alkanes of at least 4 members (excludes halogenated alkanes) is 1. The van der Waals surface area contributed by atoms with E-state index in [2.05, 4.69) is 38.9 Å². The van der Waals surface area contributed by atoms with E-state index in [0.29, 0.717) is 62.5 Å². The van der Waals surface area contributed by atoms with Gasteiger partial charge in [-0.25, -0.2) is 4.98 Å². The van der Waals surface area contributed by atoms with Crippen LogP contribution < -0.4 is 21.3 Å². The van der Waals surface area contributed by atoms with Gasteiger partial charge >= 0.3 is 0 Å². The van der Waals surface area contributed by atoms with Gasteiger partial charge in [-0.3, -0.25) is 33.7 Å². The molecule has 1 aromatic carbocycles. The first-order chi connectivity index (χ1) is 32.3. The summed E-state index contributed by atoms with van der Waals surface area (Å²) in [5.41, 5.74) is 1.24. The minimum absolute atomic E-state index is 0.000558. The number of likely N-dealkylation sites (tertiary alicyclic amines) is 1. The van der Waals surface area contributed by atoms with Crippen LogP contribution in [0, 0.1) is 23.7 Å². The van der Waals surface area contributed by atoms with E-state index in [1.807, 2.05) is 90.9 Å². The zero-order valence-electron chi connectivity index (χ0n) is 42.7. The molecule has 18 heteroatoms. The quantitative estimate of drug-likeness (QED) is 0.0540. The SMILES string of the molecule is CC[C@H](C)[C@@H]([C@@H](CC(=O)N1CCC[C@H]1[C@H](OC)[C@@H](C)C(=O)N[C@@H](Cc1ccccc1)c1nc(C(=O)NCCCCNC(=O)CCS)cs1)OC)N(C)C(=O)[C@@H](NC(=O)[C@H](C(C)C)N(C)C)C(C)C. The second-order valence-corrected chi connectivity index (χ2v) is 20.4. The number of thiol groups is 1. The molecule has 1 aliphatic heterocycles. The molecule has 1 saturated heterocycles. The van der Waals surface area contributed by atoms with Crippen molar-refractivity contribution < 1.29 is 38.2 Å². The van der Waals surface area contributed by atoms with E-state index < -0.39 is 48.3 Å². The van der Waals surface area contributed by atoms with Gasteiger partial charge in [0.2, 0.25) is 29.5 Å². The Kier molecular flexibility index (Phi) is 25.0. The summed E-state index contributed by atoms with van der Waals surface area (Å²) in [5, 5.41) is 14.3. The van der Waals surface area contributed by atoms with Crippen molar-refractivity contribution >= 4 is 59.4 Å². The summed E-state index contributed by atoms with van der Waals surface area (Å²) in [4.78, 5) is 91.5. The molecule has 2 heterocycles. The smallest absolute Gasteiger partial charge is 0.270 e. The summed E-state index contributed by atoms with van der Waals surface area (Å²) in [6.07, 6.45) is 2.97. The molecular formula is C50H82N8O8S2. The van der Waals surface area contributed by atoms with Crippen molar-refractivity contribution in [3.8, 4) is 0 Å². The molecule has 0 unspecified atom stereocenters. The van der Waals surface area contributed by atoms with Crippen LogP contribution in [0.2, 0.25) is 0 Å². The van der Waals surface area contributed by atoms with Crippen LogP contribution in [0.1, 0.15) is 121 Å². The van der Waals surface area contributed by atoms with Gasteiger partial charge in [-0.05, 0) is 75.3 Å². The predicted molar refractivity (Wildman–Crippen MR) is 271 cm³/mol. The topological polar surface area (TPSA) is 192 Å². The molecule has 382 valence electrons. The zero-order valence-corrected chi connectivity index (χ0v) is 44.4. The highest BCUT2D eigenvalue weighted by atomic mass is 32.1. The highest BCUT2D eigenvalue weighted by Crippen LogP contribution is 2.31. The number of hydrogen-bond acceptors (Lipinski definition) is 12. The molecule has 1 aromatic heterocycles. The van der Waals surface area contributed by atoms with Crippen molar-refractivity contribution in [2.75, 3.05) is 60.7 Å². The number of ether oxygens (including phenoxy) is 2. The number of carbonyl (C=O) groups excluding carboxylic acids is 6. The molecule has 6 amide bonds. The minimum Gasteiger partial charge on any atom is -0.379 e. The Morgan fingerprint density at radius 3 is 2.13 bits per heavy atom. The van der Waals surface area contributed by atoms with Gasteiger partial charge in [0.05, 0.1) is 48.7 Å². The van der Waals surface area contributed by atoms with Crippen LogP contribution in [0.3, 0.4) is 0 Å².